The van der Waals surface area contributed by atoms with Crippen LogP contribution in [0.4, 0.5) is 0 Å². The Morgan fingerprint density at radius 1 is 0.824 bits per heavy atom. The standard InChI is InChI=1S/C15H27.ClH.Mg/c1-3-5-7-9-11-13-15-14-12-10-8-6-4-2;;/h10,12,14-15H,1,3-9,11,13H2,2H3;1H;/q-1;;+2/p-1/b12-10-,15-14+;;. The Morgan fingerprint density at radius 2 is 1.35 bits per heavy atom. The van der Waals surface area contributed by atoms with Gasteiger partial charge in [0.2, 0.25) is 0 Å². The van der Waals surface area contributed by atoms with Crippen molar-refractivity contribution >= 4 is 23.1 Å². The Balaban J connectivity index is -0.000000980. The maximum atomic E-state index is 3.85. The smallest absolute Gasteiger partial charge is 1.00 e. The summed E-state index contributed by atoms with van der Waals surface area (Å²) >= 11 is 0. The molecule has 0 N–H and O–H groups in total. The van der Waals surface area contributed by atoms with E-state index in [1.165, 1.54) is 51.4 Å². The molecule has 0 unspecified atom stereocenters. The second-order valence-corrected chi connectivity index (χ2v) is 4.05. The molecule has 0 aliphatic rings. The summed E-state index contributed by atoms with van der Waals surface area (Å²) in [6.07, 6.45) is 20.4. The second-order valence-electron chi connectivity index (χ2n) is 4.05. The molecule has 0 nitrogen and oxygen atoms in total. The van der Waals surface area contributed by atoms with Crippen LogP contribution in [0.25, 0.3) is 0 Å². The van der Waals surface area contributed by atoms with Crippen molar-refractivity contribution in [1.82, 2.24) is 0 Å². The van der Waals surface area contributed by atoms with Crippen molar-refractivity contribution in [3.63, 3.8) is 0 Å². The molecule has 0 aromatic heterocycles. The van der Waals surface area contributed by atoms with E-state index < -0.39 is 0 Å². The van der Waals surface area contributed by atoms with Gasteiger partial charge in [0, 0.05) is 0 Å². The molecule has 0 heterocycles. The molecule has 0 aromatic rings. The van der Waals surface area contributed by atoms with E-state index in [0.29, 0.717) is 0 Å². The molecule has 0 atom stereocenters. The van der Waals surface area contributed by atoms with Crippen LogP contribution >= 0.6 is 0 Å². The molecule has 0 radical (unpaired) electrons. The van der Waals surface area contributed by atoms with Crippen LogP contribution < -0.4 is 12.4 Å². The van der Waals surface area contributed by atoms with Gasteiger partial charge in [0.1, 0.15) is 0 Å². The van der Waals surface area contributed by atoms with E-state index in [1.54, 1.807) is 0 Å². The molecule has 0 aliphatic heterocycles. The first-order valence-electron chi connectivity index (χ1n) is 6.52. The summed E-state index contributed by atoms with van der Waals surface area (Å²) in [5.74, 6) is 0. The van der Waals surface area contributed by atoms with Gasteiger partial charge in [-0.25, -0.2) is 0 Å². The molecule has 0 saturated heterocycles. The van der Waals surface area contributed by atoms with E-state index in [1.807, 2.05) is 0 Å². The van der Waals surface area contributed by atoms with Crippen molar-refractivity contribution < 1.29 is 12.4 Å². The molecule has 17 heavy (non-hydrogen) atoms. The quantitative estimate of drug-likeness (QED) is 0.246. The molecule has 0 amide bonds. The molecule has 0 bridgehead atoms. The molecule has 0 aliphatic carbocycles. The minimum Gasteiger partial charge on any atom is -1.00 e. The van der Waals surface area contributed by atoms with Gasteiger partial charge in [-0.1, -0.05) is 63.3 Å². The van der Waals surface area contributed by atoms with E-state index in [2.05, 4.69) is 38.2 Å². The maximum absolute atomic E-state index is 3.85. The van der Waals surface area contributed by atoms with E-state index >= 15 is 0 Å². The zero-order valence-electron chi connectivity index (χ0n) is 11.5. The molecule has 0 saturated carbocycles. The topological polar surface area (TPSA) is 0 Å². The third-order valence-electron chi connectivity index (χ3n) is 2.48. The Bertz CT molecular complexity index is 164. The zero-order valence-corrected chi connectivity index (χ0v) is 13.6. The van der Waals surface area contributed by atoms with Gasteiger partial charge in [0.05, 0.1) is 0 Å². The zero-order chi connectivity index (χ0) is 11.2. The average Bonchev–Trinajstić information content (AvgIpc) is 2.26. The Kier molecular flexibility index (Phi) is 29.1. The van der Waals surface area contributed by atoms with Gasteiger partial charge in [0.25, 0.3) is 0 Å². The normalized spacial score (nSPS) is 10.5. The SMILES string of the molecule is [CH2-]CCCCCC/C=C/C=C\CCCC.[Cl-].[Mg+2]. The first-order valence-corrected chi connectivity index (χ1v) is 6.52. The van der Waals surface area contributed by atoms with Gasteiger partial charge in [-0.05, 0) is 19.3 Å². The number of rotatable bonds is 10. The van der Waals surface area contributed by atoms with E-state index in [0.717, 1.165) is 6.42 Å². The number of halogens is 1. The third kappa shape index (κ3) is 22.2. The van der Waals surface area contributed by atoms with Crippen molar-refractivity contribution in [3.05, 3.63) is 31.2 Å². The fraction of sp³-hybridized carbons (Fsp3) is 0.667. The summed E-state index contributed by atoms with van der Waals surface area (Å²) < 4.78 is 0. The number of unbranched alkanes of at least 4 members (excludes halogenated alkanes) is 7. The summed E-state index contributed by atoms with van der Waals surface area (Å²) in [6.45, 7) is 6.08. The van der Waals surface area contributed by atoms with Crippen LogP contribution in [0.3, 0.4) is 0 Å². The minimum absolute atomic E-state index is 0. The molecular weight excluding hydrogens is 240 g/mol. The summed E-state index contributed by atoms with van der Waals surface area (Å²) in [5, 5.41) is 0. The van der Waals surface area contributed by atoms with Crippen LogP contribution in [0.1, 0.15) is 64.7 Å². The minimum atomic E-state index is 0. The molecule has 96 valence electrons. The van der Waals surface area contributed by atoms with Crippen LogP contribution in [0.5, 0.6) is 0 Å². The number of hydrogen-bond acceptors (Lipinski definition) is 0. The van der Waals surface area contributed by atoms with Gasteiger partial charge >= 0.3 is 23.1 Å². The van der Waals surface area contributed by atoms with Crippen LogP contribution in [0, 0.1) is 6.92 Å². The van der Waals surface area contributed by atoms with Crippen LogP contribution in [-0.4, -0.2) is 23.1 Å². The first kappa shape index (κ1) is 22.7. The fourth-order valence-corrected chi connectivity index (χ4v) is 1.46. The van der Waals surface area contributed by atoms with Gasteiger partial charge in [-0.3, -0.25) is 0 Å². The van der Waals surface area contributed by atoms with Gasteiger partial charge in [0.15, 0.2) is 0 Å². The van der Waals surface area contributed by atoms with Crippen molar-refractivity contribution in [2.45, 2.75) is 64.7 Å². The monoisotopic (exact) mass is 266 g/mol. The molecule has 0 rings (SSSR count). The Labute approximate surface area is 131 Å². The van der Waals surface area contributed by atoms with Crippen molar-refractivity contribution in [1.29, 1.82) is 0 Å². The largest absolute Gasteiger partial charge is 2.00 e. The van der Waals surface area contributed by atoms with Gasteiger partial charge < -0.3 is 19.3 Å². The number of hydrogen-bond donors (Lipinski definition) is 0. The second kappa shape index (κ2) is 21.8. The predicted molar refractivity (Wildman–Crippen MR) is 76.6 cm³/mol. The van der Waals surface area contributed by atoms with Crippen molar-refractivity contribution in [3.8, 4) is 0 Å². The first-order chi connectivity index (χ1) is 7.41. The predicted octanol–water partition coefficient (Wildman–Crippen LogP) is 2.09. The van der Waals surface area contributed by atoms with E-state index in [9.17, 15) is 0 Å². The third-order valence-corrected chi connectivity index (χ3v) is 2.48. The summed E-state index contributed by atoms with van der Waals surface area (Å²) in [6, 6.07) is 0. The van der Waals surface area contributed by atoms with Gasteiger partial charge in [-0.2, -0.15) is 6.42 Å². The number of allylic oxidation sites excluding steroid dienone is 4. The maximum Gasteiger partial charge on any atom is 2.00 e. The molecule has 2 heteroatoms. The molecule has 0 spiro atoms. The van der Waals surface area contributed by atoms with Crippen molar-refractivity contribution in [2.75, 3.05) is 0 Å². The van der Waals surface area contributed by atoms with E-state index in [-0.39, 0.29) is 35.5 Å². The Morgan fingerprint density at radius 3 is 1.88 bits per heavy atom. The van der Waals surface area contributed by atoms with Crippen LogP contribution in [-0.2, 0) is 0 Å². The average molecular weight is 267 g/mol. The summed E-state index contributed by atoms with van der Waals surface area (Å²) in [5.41, 5.74) is 0. The summed E-state index contributed by atoms with van der Waals surface area (Å²) in [7, 11) is 0. The van der Waals surface area contributed by atoms with Gasteiger partial charge in [-0.15, -0.1) is 0 Å². The molecule has 0 aromatic carbocycles. The van der Waals surface area contributed by atoms with Crippen LogP contribution in [0.15, 0.2) is 24.3 Å². The van der Waals surface area contributed by atoms with Crippen LogP contribution in [0.2, 0.25) is 0 Å². The Hall–Kier alpha value is 0.536. The fourth-order valence-electron chi connectivity index (χ4n) is 1.46. The molecule has 0 fully saturated rings. The summed E-state index contributed by atoms with van der Waals surface area (Å²) in [4.78, 5) is 0. The van der Waals surface area contributed by atoms with Crippen molar-refractivity contribution in [2.24, 2.45) is 0 Å². The molecular formula is C15H27ClMg. The van der Waals surface area contributed by atoms with E-state index in [4.69, 9.17) is 0 Å².